The van der Waals surface area contributed by atoms with Crippen LogP contribution in [0.2, 0.25) is 0 Å². The fraction of sp³-hybridized carbons (Fsp3) is 0.857. The van der Waals surface area contributed by atoms with Crippen LogP contribution in [0.15, 0.2) is 4.99 Å². The minimum atomic E-state index is -0.228. The van der Waals surface area contributed by atoms with Crippen molar-refractivity contribution in [3.05, 3.63) is 0 Å². The van der Waals surface area contributed by atoms with Crippen LogP contribution in [0.4, 0.5) is 0 Å². The van der Waals surface area contributed by atoms with E-state index in [-0.39, 0.29) is 42.1 Å². The van der Waals surface area contributed by atoms with Gasteiger partial charge in [0.1, 0.15) is 0 Å². The molecule has 0 aromatic rings. The first-order valence-electron chi connectivity index (χ1n) is 4.03. The summed E-state index contributed by atoms with van der Waals surface area (Å²) in [6.45, 7) is 1.29. The molecule has 0 radical (unpaired) electrons. The van der Waals surface area contributed by atoms with Crippen LogP contribution in [-0.4, -0.2) is 48.2 Å². The second-order valence-corrected chi connectivity index (χ2v) is 3.25. The van der Waals surface area contributed by atoms with Gasteiger partial charge >= 0.3 is 0 Å². The maximum absolute atomic E-state index is 9.28. The highest BCUT2D eigenvalue weighted by Crippen LogP contribution is 2.15. The molecule has 1 saturated heterocycles. The van der Waals surface area contributed by atoms with Crippen LogP contribution in [-0.2, 0) is 0 Å². The molecule has 0 bridgehead atoms. The Morgan fingerprint density at radius 1 is 1.62 bits per heavy atom. The summed E-state index contributed by atoms with van der Waals surface area (Å²) in [5.41, 5.74) is 10.4. The molecule has 13 heavy (non-hydrogen) atoms. The Hall–Kier alpha value is -0.0800. The largest absolute Gasteiger partial charge is 0.392 e. The SMILES string of the molecule is CN1C[C@H](O)C[C@H]1CN=C(N)N.I. The summed E-state index contributed by atoms with van der Waals surface area (Å²) >= 11 is 0. The third-order valence-corrected chi connectivity index (χ3v) is 2.15. The first-order chi connectivity index (χ1) is 5.59. The number of rotatable bonds is 2. The molecule has 0 spiro atoms. The van der Waals surface area contributed by atoms with Gasteiger partial charge in [-0.15, -0.1) is 24.0 Å². The number of likely N-dealkylation sites (N-methyl/N-ethyl adjacent to an activating group) is 1. The molecule has 1 fully saturated rings. The quantitative estimate of drug-likeness (QED) is 0.345. The van der Waals surface area contributed by atoms with Gasteiger partial charge in [-0.25, -0.2) is 0 Å². The number of guanidine groups is 1. The first-order valence-corrected chi connectivity index (χ1v) is 4.03. The summed E-state index contributed by atoms with van der Waals surface area (Å²) in [5.74, 6) is 0.116. The Bertz CT molecular complexity index is 183. The number of halogens is 1. The van der Waals surface area contributed by atoms with Gasteiger partial charge in [0.05, 0.1) is 12.6 Å². The summed E-state index contributed by atoms with van der Waals surface area (Å²) in [7, 11) is 1.96. The van der Waals surface area contributed by atoms with E-state index in [9.17, 15) is 5.11 Å². The van der Waals surface area contributed by atoms with Gasteiger partial charge in [-0.3, -0.25) is 9.89 Å². The predicted octanol–water partition coefficient (Wildman–Crippen LogP) is -1.06. The molecular formula is C7H17IN4O. The van der Waals surface area contributed by atoms with E-state index in [1.807, 2.05) is 7.05 Å². The Labute approximate surface area is 95.2 Å². The van der Waals surface area contributed by atoms with Crippen LogP contribution < -0.4 is 11.5 Å². The van der Waals surface area contributed by atoms with E-state index in [0.29, 0.717) is 13.1 Å². The lowest BCUT2D eigenvalue weighted by molar-refractivity contribution is 0.182. The average Bonchev–Trinajstić information content (AvgIpc) is 2.26. The van der Waals surface area contributed by atoms with Crippen molar-refractivity contribution in [3.8, 4) is 0 Å². The minimum absolute atomic E-state index is 0. The molecule has 5 N–H and O–H groups in total. The predicted molar refractivity (Wildman–Crippen MR) is 63.1 cm³/mol. The Morgan fingerprint density at radius 3 is 2.62 bits per heavy atom. The zero-order valence-electron chi connectivity index (χ0n) is 7.68. The zero-order valence-corrected chi connectivity index (χ0v) is 10.0. The molecule has 1 aliphatic rings. The molecule has 0 aromatic carbocycles. The van der Waals surface area contributed by atoms with Crippen molar-refractivity contribution in [1.29, 1.82) is 0 Å². The Balaban J connectivity index is 0.00000144. The first kappa shape index (κ1) is 12.9. The molecule has 1 rings (SSSR count). The summed E-state index contributed by atoms with van der Waals surface area (Å²) in [5, 5.41) is 9.28. The van der Waals surface area contributed by atoms with Crippen LogP contribution in [0.1, 0.15) is 6.42 Å². The monoisotopic (exact) mass is 300 g/mol. The van der Waals surface area contributed by atoms with Gasteiger partial charge in [0.15, 0.2) is 5.96 Å². The number of likely N-dealkylation sites (tertiary alicyclic amines) is 1. The van der Waals surface area contributed by atoms with Gasteiger partial charge in [0, 0.05) is 12.6 Å². The van der Waals surface area contributed by atoms with Crippen LogP contribution in [0, 0.1) is 0 Å². The second kappa shape index (κ2) is 5.61. The molecule has 2 atom stereocenters. The lowest BCUT2D eigenvalue weighted by Crippen LogP contribution is -2.30. The number of aliphatic hydroxyl groups excluding tert-OH is 1. The van der Waals surface area contributed by atoms with Crippen molar-refractivity contribution in [2.75, 3.05) is 20.1 Å². The fourth-order valence-electron chi connectivity index (χ4n) is 1.47. The molecule has 78 valence electrons. The molecule has 0 aliphatic carbocycles. The van der Waals surface area contributed by atoms with E-state index in [4.69, 9.17) is 11.5 Å². The van der Waals surface area contributed by atoms with E-state index in [2.05, 4.69) is 9.89 Å². The maximum Gasteiger partial charge on any atom is 0.185 e. The summed E-state index contributed by atoms with van der Waals surface area (Å²) in [6.07, 6.45) is 0.530. The summed E-state index contributed by atoms with van der Waals surface area (Å²) < 4.78 is 0. The van der Waals surface area contributed by atoms with Crippen molar-refractivity contribution in [1.82, 2.24) is 4.90 Å². The van der Waals surface area contributed by atoms with Crippen LogP contribution in [0.3, 0.4) is 0 Å². The van der Waals surface area contributed by atoms with Gasteiger partial charge in [0.2, 0.25) is 0 Å². The van der Waals surface area contributed by atoms with E-state index in [1.165, 1.54) is 0 Å². The third-order valence-electron chi connectivity index (χ3n) is 2.15. The van der Waals surface area contributed by atoms with Crippen molar-refractivity contribution < 1.29 is 5.11 Å². The third kappa shape index (κ3) is 4.10. The maximum atomic E-state index is 9.28. The lowest BCUT2D eigenvalue weighted by atomic mass is 10.2. The number of hydrogen-bond acceptors (Lipinski definition) is 3. The van der Waals surface area contributed by atoms with Crippen molar-refractivity contribution in [2.24, 2.45) is 16.5 Å². The standard InChI is InChI=1S/C7H16N4O.HI/c1-11-4-6(12)2-5(11)3-10-7(8)9;/h5-6,12H,2-4H2,1H3,(H4,8,9,10);1H/t5-,6+;/m0./s1. The second-order valence-electron chi connectivity index (χ2n) is 3.25. The lowest BCUT2D eigenvalue weighted by Gasteiger charge is -2.15. The molecule has 1 heterocycles. The Kier molecular flexibility index (Phi) is 5.57. The van der Waals surface area contributed by atoms with Gasteiger partial charge < -0.3 is 16.6 Å². The smallest absolute Gasteiger partial charge is 0.185 e. The molecule has 0 saturated carbocycles. The van der Waals surface area contributed by atoms with Crippen molar-refractivity contribution in [3.63, 3.8) is 0 Å². The fourth-order valence-corrected chi connectivity index (χ4v) is 1.47. The van der Waals surface area contributed by atoms with Crippen LogP contribution >= 0.6 is 24.0 Å². The summed E-state index contributed by atoms with van der Waals surface area (Å²) in [4.78, 5) is 5.98. The zero-order chi connectivity index (χ0) is 9.14. The number of aliphatic imine (C=N–C) groups is 1. The van der Waals surface area contributed by atoms with E-state index in [0.717, 1.165) is 6.42 Å². The summed E-state index contributed by atoms with van der Waals surface area (Å²) in [6, 6.07) is 0.280. The van der Waals surface area contributed by atoms with E-state index in [1.54, 1.807) is 0 Å². The normalized spacial score (nSPS) is 28.2. The number of nitrogens with zero attached hydrogens (tertiary/aromatic N) is 2. The molecule has 0 unspecified atom stereocenters. The van der Waals surface area contributed by atoms with Crippen LogP contribution in [0.25, 0.3) is 0 Å². The van der Waals surface area contributed by atoms with Gasteiger partial charge in [0.25, 0.3) is 0 Å². The van der Waals surface area contributed by atoms with E-state index >= 15 is 0 Å². The number of aliphatic hydroxyl groups is 1. The van der Waals surface area contributed by atoms with E-state index < -0.39 is 0 Å². The Morgan fingerprint density at radius 2 is 2.23 bits per heavy atom. The molecule has 0 amide bonds. The number of nitrogens with two attached hydrogens (primary N) is 2. The molecular weight excluding hydrogens is 283 g/mol. The molecule has 5 nitrogen and oxygen atoms in total. The van der Waals surface area contributed by atoms with Crippen molar-refractivity contribution >= 4 is 29.9 Å². The highest BCUT2D eigenvalue weighted by atomic mass is 127. The highest BCUT2D eigenvalue weighted by Gasteiger charge is 2.27. The topological polar surface area (TPSA) is 87.9 Å². The molecule has 1 aliphatic heterocycles. The minimum Gasteiger partial charge on any atom is -0.392 e. The number of hydrogen-bond donors (Lipinski definition) is 3. The van der Waals surface area contributed by atoms with Gasteiger partial charge in [-0.05, 0) is 13.5 Å². The van der Waals surface area contributed by atoms with Gasteiger partial charge in [-0.2, -0.15) is 0 Å². The van der Waals surface area contributed by atoms with Gasteiger partial charge in [-0.1, -0.05) is 0 Å². The number of β-amino-alcohol motifs (C(OH)–C–C–N with tert-alkyl or cyclic N) is 1. The van der Waals surface area contributed by atoms with Crippen LogP contribution in [0.5, 0.6) is 0 Å². The molecule has 6 heteroatoms. The average molecular weight is 300 g/mol. The van der Waals surface area contributed by atoms with Crippen molar-refractivity contribution in [2.45, 2.75) is 18.6 Å². The molecule has 0 aromatic heterocycles. The highest BCUT2D eigenvalue weighted by molar-refractivity contribution is 14.0.